The van der Waals surface area contributed by atoms with Gasteiger partial charge in [-0.3, -0.25) is 4.79 Å². The molecule has 2 aromatic rings. The molecule has 0 saturated heterocycles. The summed E-state index contributed by atoms with van der Waals surface area (Å²) in [6, 6.07) is 7.50. The Morgan fingerprint density at radius 2 is 2.27 bits per heavy atom. The molecule has 0 aliphatic heterocycles. The summed E-state index contributed by atoms with van der Waals surface area (Å²) >= 11 is 5.94. The lowest BCUT2D eigenvalue weighted by molar-refractivity contribution is -0.132. The zero-order valence-corrected chi connectivity index (χ0v) is 13.3. The third-order valence-electron chi connectivity index (χ3n) is 3.51. The summed E-state index contributed by atoms with van der Waals surface area (Å²) in [6.45, 7) is 2.56. The van der Waals surface area contributed by atoms with Crippen molar-refractivity contribution in [2.75, 3.05) is 13.2 Å². The molecule has 0 fully saturated rings. The minimum Gasteiger partial charge on any atom is -0.395 e. The molecule has 6 heteroatoms. The molecule has 0 bridgehead atoms. The number of nitrogens with one attached hydrogen (secondary N) is 1. The predicted octanol–water partition coefficient (Wildman–Crippen LogP) is 2.33. The largest absolute Gasteiger partial charge is 0.395 e. The van der Waals surface area contributed by atoms with Gasteiger partial charge in [0.1, 0.15) is 0 Å². The number of aromatic amines is 1. The quantitative estimate of drug-likeness (QED) is 0.822. The van der Waals surface area contributed by atoms with Gasteiger partial charge in [-0.2, -0.15) is 0 Å². The van der Waals surface area contributed by atoms with Crippen LogP contribution in [0.4, 0.5) is 0 Å². The summed E-state index contributed by atoms with van der Waals surface area (Å²) in [5.41, 5.74) is 2.79. The van der Waals surface area contributed by atoms with E-state index >= 15 is 0 Å². The van der Waals surface area contributed by atoms with Crippen LogP contribution in [0, 0.1) is 6.92 Å². The number of benzene rings is 1. The first-order chi connectivity index (χ1) is 10.6. The second-order valence-corrected chi connectivity index (χ2v) is 5.58. The number of carbonyl (C=O) groups excluding carboxylic acids is 1. The van der Waals surface area contributed by atoms with Crippen molar-refractivity contribution < 1.29 is 9.90 Å². The fourth-order valence-electron chi connectivity index (χ4n) is 2.24. The Kier molecular flexibility index (Phi) is 5.98. The highest BCUT2D eigenvalue weighted by Crippen LogP contribution is 2.13. The molecule has 1 amide bonds. The molecule has 1 heterocycles. The molecule has 0 unspecified atom stereocenters. The number of aromatic nitrogens is 2. The van der Waals surface area contributed by atoms with Crippen LogP contribution in [-0.4, -0.2) is 39.0 Å². The molecule has 2 rings (SSSR count). The molecule has 0 aliphatic carbocycles. The van der Waals surface area contributed by atoms with Crippen molar-refractivity contribution >= 4 is 17.5 Å². The number of nitrogens with zero attached hydrogens (tertiary/aromatic N) is 2. The number of imidazole rings is 1. The first kappa shape index (κ1) is 16.5. The molecular formula is C16H20ClN3O2. The standard InChI is InChI=1S/C16H20ClN3O2/c1-12-15(19-11-18-12)10-20(7-8-21)16(22)6-5-13-3-2-4-14(17)9-13/h2-4,9,11,21H,5-8,10H2,1H3,(H,18,19). The van der Waals surface area contributed by atoms with Crippen LogP contribution >= 0.6 is 11.6 Å². The third kappa shape index (κ3) is 4.58. The number of carbonyl (C=O) groups is 1. The number of aliphatic hydroxyl groups excluding tert-OH is 1. The monoisotopic (exact) mass is 321 g/mol. The van der Waals surface area contributed by atoms with E-state index < -0.39 is 0 Å². The highest BCUT2D eigenvalue weighted by molar-refractivity contribution is 6.30. The molecule has 0 aliphatic rings. The van der Waals surface area contributed by atoms with Crippen molar-refractivity contribution in [3.05, 3.63) is 52.6 Å². The lowest BCUT2D eigenvalue weighted by Crippen LogP contribution is -2.33. The van der Waals surface area contributed by atoms with E-state index in [1.807, 2.05) is 31.2 Å². The van der Waals surface area contributed by atoms with Crippen molar-refractivity contribution in [3.63, 3.8) is 0 Å². The molecule has 0 spiro atoms. The molecule has 1 aromatic carbocycles. The molecule has 2 N–H and O–H groups in total. The van der Waals surface area contributed by atoms with Crippen molar-refractivity contribution in [2.24, 2.45) is 0 Å². The van der Waals surface area contributed by atoms with Crippen LogP contribution in [0.15, 0.2) is 30.6 Å². The van der Waals surface area contributed by atoms with Crippen LogP contribution in [0.2, 0.25) is 5.02 Å². The molecular weight excluding hydrogens is 302 g/mol. The highest BCUT2D eigenvalue weighted by atomic mass is 35.5. The molecule has 1 aromatic heterocycles. The van der Waals surface area contributed by atoms with E-state index in [2.05, 4.69) is 9.97 Å². The Morgan fingerprint density at radius 1 is 1.45 bits per heavy atom. The second-order valence-electron chi connectivity index (χ2n) is 5.14. The number of hydrogen-bond donors (Lipinski definition) is 2. The topological polar surface area (TPSA) is 69.2 Å². The van der Waals surface area contributed by atoms with Gasteiger partial charge in [0.2, 0.25) is 5.91 Å². The van der Waals surface area contributed by atoms with Crippen LogP contribution in [-0.2, 0) is 17.8 Å². The van der Waals surface area contributed by atoms with Crippen LogP contribution in [0.25, 0.3) is 0 Å². The van der Waals surface area contributed by atoms with Gasteiger partial charge in [0, 0.05) is 23.7 Å². The van der Waals surface area contributed by atoms with Crippen LogP contribution in [0.5, 0.6) is 0 Å². The Balaban J connectivity index is 1.96. The number of amides is 1. The van der Waals surface area contributed by atoms with Crippen LogP contribution < -0.4 is 0 Å². The maximum Gasteiger partial charge on any atom is 0.223 e. The van der Waals surface area contributed by atoms with Gasteiger partial charge in [-0.05, 0) is 31.0 Å². The molecule has 22 heavy (non-hydrogen) atoms. The van der Waals surface area contributed by atoms with Gasteiger partial charge in [0.25, 0.3) is 0 Å². The highest BCUT2D eigenvalue weighted by Gasteiger charge is 2.15. The first-order valence-corrected chi connectivity index (χ1v) is 7.60. The van der Waals surface area contributed by atoms with Crippen LogP contribution in [0.1, 0.15) is 23.4 Å². The summed E-state index contributed by atoms with van der Waals surface area (Å²) < 4.78 is 0. The van der Waals surface area contributed by atoms with Gasteiger partial charge in [-0.25, -0.2) is 4.98 Å². The Hall–Kier alpha value is -1.85. The molecule has 118 valence electrons. The molecule has 0 radical (unpaired) electrons. The third-order valence-corrected chi connectivity index (χ3v) is 3.75. The average molecular weight is 322 g/mol. The van der Waals surface area contributed by atoms with Gasteiger partial charge in [-0.15, -0.1) is 0 Å². The van der Waals surface area contributed by atoms with Gasteiger partial charge in [0.05, 0.1) is 25.2 Å². The lowest BCUT2D eigenvalue weighted by atomic mass is 10.1. The fourth-order valence-corrected chi connectivity index (χ4v) is 2.45. The van der Waals surface area contributed by atoms with Gasteiger partial charge in [-0.1, -0.05) is 23.7 Å². The summed E-state index contributed by atoms with van der Waals surface area (Å²) in [7, 11) is 0. The van der Waals surface area contributed by atoms with E-state index in [0.29, 0.717) is 31.0 Å². The average Bonchev–Trinajstić information content (AvgIpc) is 2.90. The van der Waals surface area contributed by atoms with Crippen molar-refractivity contribution in [3.8, 4) is 0 Å². The van der Waals surface area contributed by atoms with E-state index in [-0.39, 0.29) is 12.5 Å². The number of aryl methyl sites for hydroxylation is 2. The first-order valence-electron chi connectivity index (χ1n) is 7.22. The summed E-state index contributed by atoms with van der Waals surface area (Å²) in [4.78, 5) is 21.2. The number of aliphatic hydroxyl groups is 1. The van der Waals surface area contributed by atoms with E-state index in [0.717, 1.165) is 17.0 Å². The zero-order chi connectivity index (χ0) is 15.9. The van der Waals surface area contributed by atoms with E-state index in [1.165, 1.54) is 0 Å². The van der Waals surface area contributed by atoms with E-state index in [9.17, 15) is 4.79 Å². The summed E-state index contributed by atoms with van der Waals surface area (Å²) in [5.74, 6) is -0.00331. The number of H-pyrrole nitrogens is 1. The number of hydrogen-bond acceptors (Lipinski definition) is 3. The van der Waals surface area contributed by atoms with Crippen molar-refractivity contribution in [1.82, 2.24) is 14.9 Å². The van der Waals surface area contributed by atoms with Crippen molar-refractivity contribution in [1.29, 1.82) is 0 Å². The van der Waals surface area contributed by atoms with Gasteiger partial charge < -0.3 is 15.0 Å². The zero-order valence-electron chi connectivity index (χ0n) is 12.6. The predicted molar refractivity (Wildman–Crippen MR) is 85.6 cm³/mol. The normalized spacial score (nSPS) is 10.7. The smallest absolute Gasteiger partial charge is 0.223 e. The van der Waals surface area contributed by atoms with Gasteiger partial charge in [0.15, 0.2) is 0 Å². The minimum absolute atomic E-state index is 0.00331. The summed E-state index contributed by atoms with van der Waals surface area (Å²) in [5, 5.41) is 9.84. The molecule has 5 nitrogen and oxygen atoms in total. The lowest BCUT2D eigenvalue weighted by Gasteiger charge is -2.21. The Labute approximate surface area is 134 Å². The number of rotatable bonds is 7. The summed E-state index contributed by atoms with van der Waals surface area (Å²) in [6.07, 6.45) is 2.61. The maximum atomic E-state index is 12.4. The molecule has 0 atom stereocenters. The SMILES string of the molecule is Cc1[nH]cnc1CN(CCO)C(=O)CCc1cccc(Cl)c1. The van der Waals surface area contributed by atoms with Crippen molar-refractivity contribution in [2.45, 2.75) is 26.3 Å². The van der Waals surface area contributed by atoms with E-state index in [4.69, 9.17) is 16.7 Å². The Morgan fingerprint density at radius 3 is 2.91 bits per heavy atom. The molecule has 0 saturated carbocycles. The van der Waals surface area contributed by atoms with Crippen LogP contribution in [0.3, 0.4) is 0 Å². The maximum absolute atomic E-state index is 12.4. The van der Waals surface area contributed by atoms with Gasteiger partial charge >= 0.3 is 0 Å². The minimum atomic E-state index is -0.0631. The Bertz CT molecular complexity index is 627. The van der Waals surface area contributed by atoms with E-state index in [1.54, 1.807) is 11.2 Å². The fraction of sp³-hybridized carbons (Fsp3) is 0.375. The number of halogens is 1. The second kappa shape index (κ2) is 7.96.